The van der Waals surface area contributed by atoms with Gasteiger partial charge in [-0.2, -0.15) is 0 Å². The maximum atomic E-state index is 13.1. The molecule has 0 unspecified atom stereocenters. The summed E-state index contributed by atoms with van der Waals surface area (Å²) in [6, 6.07) is 4.97. The topological polar surface area (TPSA) is 35.2 Å². The van der Waals surface area contributed by atoms with Crippen LogP contribution in [0.1, 0.15) is 24.4 Å². The molecule has 1 aliphatic rings. The number of hydrogen-bond donors (Lipinski definition) is 1. The van der Waals surface area contributed by atoms with Crippen LogP contribution >= 0.6 is 28.3 Å². The van der Waals surface area contributed by atoms with Gasteiger partial charge in [-0.3, -0.25) is 0 Å². The van der Waals surface area contributed by atoms with Crippen LogP contribution < -0.4 is 5.73 Å². The summed E-state index contributed by atoms with van der Waals surface area (Å²) >= 11 is 3.18. The molecule has 2 rings (SSSR count). The van der Waals surface area contributed by atoms with Crippen LogP contribution in [0.3, 0.4) is 0 Å². The van der Waals surface area contributed by atoms with Crippen molar-refractivity contribution >= 4 is 28.3 Å². The molecule has 0 amide bonds. The lowest BCUT2D eigenvalue weighted by Crippen LogP contribution is -2.27. The molecule has 1 aromatic rings. The maximum Gasteiger partial charge on any atom is 0.137 e. The second-order valence-corrected chi connectivity index (χ2v) is 5.00. The van der Waals surface area contributed by atoms with Gasteiger partial charge in [0.25, 0.3) is 0 Å². The lowest BCUT2D eigenvalue weighted by atomic mass is 9.88. The largest absolute Gasteiger partial charge is 0.381 e. The van der Waals surface area contributed by atoms with Gasteiger partial charge in [0.15, 0.2) is 0 Å². The Kier molecular flexibility index (Phi) is 5.86. The highest BCUT2D eigenvalue weighted by molar-refractivity contribution is 9.10. The number of ether oxygens (including phenoxy) is 1. The Morgan fingerprint density at radius 1 is 1.35 bits per heavy atom. The van der Waals surface area contributed by atoms with Gasteiger partial charge in [-0.25, -0.2) is 4.39 Å². The molecule has 5 heteroatoms. The van der Waals surface area contributed by atoms with Crippen molar-refractivity contribution in [2.75, 3.05) is 13.2 Å². The minimum absolute atomic E-state index is 0. The van der Waals surface area contributed by atoms with E-state index in [0.717, 1.165) is 31.6 Å². The van der Waals surface area contributed by atoms with Crippen molar-refractivity contribution in [2.24, 2.45) is 11.7 Å². The van der Waals surface area contributed by atoms with Gasteiger partial charge in [-0.1, -0.05) is 6.07 Å². The molecule has 96 valence electrons. The molecule has 0 radical (unpaired) electrons. The zero-order chi connectivity index (χ0) is 11.5. The van der Waals surface area contributed by atoms with Crippen molar-refractivity contribution in [3.8, 4) is 0 Å². The van der Waals surface area contributed by atoms with Crippen LogP contribution in [0.15, 0.2) is 22.7 Å². The van der Waals surface area contributed by atoms with Gasteiger partial charge in [-0.05, 0) is 52.4 Å². The van der Waals surface area contributed by atoms with E-state index in [1.54, 1.807) is 12.1 Å². The van der Waals surface area contributed by atoms with Gasteiger partial charge in [0, 0.05) is 19.3 Å². The standard InChI is InChI=1S/C12H15BrFNO.ClH/c13-10-7-9(1-2-11(10)14)12(15)8-3-5-16-6-4-8;/h1-2,7-8,12H,3-6,15H2;1H/t12-;/m1./s1. The summed E-state index contributed by atoms with van der Waals surface area (Å²) in [6.07, 6.45) is 1.96. The quantitative estimate of drug-likeness (QED) is 0.904. The Morgan fingerprint density at radius 2 is 2.00 bits per heavy atom. The third-order valence-electron chi connectivity index (χ3n) is 3.10. The number of rotatable bonds is 2. The summed E-state index contributed by atoms with van der Waals surface area (Å²) in [4.78, 5) is 0. The van der Waals surface area contributed by atoms with Crippen LogP contribution in [0.4, 0.5) is 4.39 Å². The van der Waals surface area contributed by atoms with Crippen LogP contribution in [0.2, 0.25) is 0 Å². The van der Waals surface area contributed by atoms with Crippen molar-refractivity contribution in [3.05, 3.63) is 34.1 Å². The molecule has 17 heavy (non-hydrogen) atoms. The predicted octanol–water partition coefficient (Wildman–Crippen LogP) is 3.44. The summed E-state index contributed by atoms with van der Waals surface area (Å²) in [5.41, 5.74) is 7.18. The lowest BCUT2D eigenvalue weighted by Gasteiger charge is -2.28. The fourth-order valence-corrected chi connectivity index (χ4v) is 2.46. The first-order valence-corrected chi connectivity index (χ1v) is 6.26. The van der Waals surface area contributed by atoms with Crippen molar-refractivity contribution in [1.82, 2.24) is 0 Å². The third kappa shape index (κ3) is 3.65. The molecule has 1 heterocycles. The van der Waals surface area contributed by atoms with Crippen LogP contribution in [-0.2, 0) is 4.74 Å². The first-order valence-electron chi connectivity index (χ1n) is 5.47. The van der Waals surface area contributed by atoms with E-state index < -0.39 is 0 Å². The fourth-order valence-electron chi connectivity index (χ4n) is 2.07. The average Bonchev–Trinajstić information content (AvgIpc) is 2.33. The summed E-state index contributed by atoms with van der Waals surface area (Å²) in [5.74, 6) is 0.189. The molecule has 1 saturated heterocycles. The van der Waals surface area contributed by atoms with Crippen molar-refractivity contribution in [1.29, 1.82) is 0 Å². The molecule has 2 nitrogen and oxygen atoms in total. The molecular weight excluding hydrogens is 308 g/mol. The van der Waals surface area contributed by atoms with E-state index in [4.69, 9.17) is 10.5 Å². The molecule has 1 aliphatic heterocycles. The number of benzene rings is 1. The van der Waals surface area contributed by atoms with Crippen molar-refractivity contribution < 1.29 is 9.13 Å². The third-order valence-corrected chi connectivity index (χ3v) is 3.71. The second-order valence-electron chi connectivity index (χ2n) is 4.15. The predicted molar refractivity (Wildman–Crippen MR) is 71.8 cm³/mol. The number of hydrogen-bond acceptors (Lipinski definition) is 2. The van der Waals surface area contributed by atoms with E-state index in [-0.39, 0.29) is 24.3 Å². The van der Waals surface area contributed by atoms with E-state index in [1.165, 1.54) is 6.07 Å². The van der Waals surface area contributed by atoms with E-state index in [2.05, 4.69) is 15.9 Å². The lowest BCUT2D eigenvalue weighted by molar-refractivity contribution is 0.0583. The van der Waals surface area contributed by atoms with Crippen molar-refractivity contribution in [2.45, 2.75) is 18.9 Å². The molecule has 2 N–H and O–H groups in total. The minimum Gasteiger partial charge on any atom is -0.381 e. The zero-order valence-corrected chi connectivity index (χ0v) is 11.8. The Bertz CT molecular complexity index is 372. The monoisotopic (exact) mass is 323 g/mol. The highest BCUT2D eigenvalue weighted by atomic mass is 79.9. The van der Waals surface area contributed by atoms with Crippen LogP contribution in [-0.4, -0.2) is 13.2 Å². The maximum absolute atomic E-state index is 13.1. The van der Waals surface area contributed by atoms with Crippen molar-refractivity contribution in [3.63, 3.8) is 0 Å². The highest BCUT2D eigenvalue weighted by Crippen LogP contribution is 2.30. The highest BCUT2D eigenvalue weighted by Gasteiger charge is 2.22. The zero-order valence-electron chi connectivity index (χ0n) is 9.36. The Hall–Kier alpha value is -0.160. The van der Waals surface area contributed by atoms with Gasteiger partial charge in [-0.15, -0.1) is 12.4 Å². The molecule has 1 atom stereocenters. The number of halogens is 3. The molecule has 0 aliphatic carbocycles. The second kappa shape index (κ2) is 6.69. The van der Waals surface area contributed by atoms with E-state index in [9.17, 15) is 4.39 Å². The van der Waals surface area contributed by atoms with Gasteiger partial charge in [0.05, 0.1) is 4.47 Å². The first kappa shape index (κ1) is 14.9. The first-order chi connectivity index (χ1) is 7.68. The van der Waals surface area contributed by atoms with Gasteiger partial charge in [0.1, 0.15) is 5.82 Å². The summed E-state index contributed by atoms with van der Waals surface area (Å²) in [6.45, 7) is 1.56. The molecule has 0 saturated carbocycles. The molecule has 1 fully saturated rings. The van der Waals surface area contributed by atoms with E-state index in [1.807, 2.05) is 0 Å². The minimum atomic E-state index is -0.247. The molecule has 0 spiro atoms. The van der Waals surface area contributed by atoms with E-state index in [0.29, 0.717) is 10.4 Å². The van der Waals surface area contributed by atoms with Crippen LogP contribution in [0, 0.1) is 11.7 Å². The normalized spacial score (nSPS) is 18.5. The smallest absolute Gasteiger partial charge is 0.137 e. The summed E-state index contributed by atoms with van der Waals surface area (Å²) < 4.78 is 18.9. The summed E-state index contributed by atoms with van der Waals surface area (Å²) in [7, 11) is 0. The molecule has 1 aromatic carbocycles. The average molecular weight is 325 g/mol. The SMILES string of the molecule is Cl.N[C@@H](c1ccc(F)c(Br)c1)C1CCOCC1. The Labute approximate surface area is 115 Å². The molecular formula is C12H16BrClFNO. The fraction of sp³-hybridized carbons (Fsp3) is 0.500. The van der Waals surface area contributed by atoms with Gasteiger partial charge in [0.2, 0.25) is 0 Å². The van der Waals surface area contributed by atoms with Gasteiger partial charge < -0.3 is 10.5 Å². The molecule has 0 bridgehead atoms. The van der Waals surface area contributed by atoms with E-state index >= 15 is 0 Å². The van der Waals surface area contributed by atoms with Crippen LogP contribution in [0.25, 0.3) is 0 Å². The van der Waals surface area contributed by atoms with Crippen LogP contribution in [0.5, 0.6) is 0 Å². The van der Waals surface area contributed by atoms with Gasteiger partial charge >= 0.3 is 0 Å². The Balaban J connectivity index is 0.00000144. The molecule has 0 aromatic heterocycles. The Morgan fingerprint density at radius 3 is 2.59 bits per heavy atom. The number of nitrogens with two attached hydrogens (primary N) is 1. The summed E-state index contributed by atoms with van der Waals surface area (Å²) in [5, 5.41) is 0.